The number of benzene rings is 1. The van der Waals surface area contributed by atoms with E-state index in [-0.39, 0.29) is 11.9 Å². The highest BCUT2D eigenvalue weighted by atomic mass is 35.5. The van der Waals surface area contributed by atoms with Crippen molar-refractivity contribution in [1.82, 2.24) is 9.88 Å². The smallest absolute Gasteiger partial charge is 0.241 e. The van der Waals surface area contributed by atoms with E-state index < -0.39 is 0 Å². The first kappa shape index (κ1) is 15.0. The van der Waals surface area contributed by atoms with E-state index >= 15 is 0 Å². The average Bonchev–Trinajstić information content (AvgIpc) is 2.55. The molecular weight excluding hydrogens is 298 g/mol. The summed E-state index contributed by atoms with van der Waals surface area (Å²) in [6, 6.07) is 11.7. The molecule has 0 radical (unpaired) electrons. The van der Waals surface area contributed by atoms with Gasteiger partial charge >= 0.3 is 0 Å². The summed E-state index contributed by atoms with van der Waals surface area (Å²) in [6.07, 6.45) is 2.57. The molecule has 22 heavy (non-hydrogen) atoms. The highest BCUT2D eigenvalue weighted by Crippen LogP contribution is 2.22. The van der Waals surface area contributed by atoms with Crippen LogP contribution >= 0.6 is 11.6 Å². The van der Waals surface area contributed by atoms with E-state index in [4.69, 9.17) is 11.6 Å². The van der Waals surface area contributed by atoms with Crippen LogP contribution in [0.2, 0.25) is 5.15 Å². The van der Waals surface area contributed by atoms with E-state index in [1.165, 1.54) is 11.1 Å². The van der Waals surface area contributed by atoms with Gasteiger partial charge in [-0.3, -0.25) is 9.69 Å². The first-order valence-corrected chi connectivity index (χ1v) is 7.75. The summed E-state index contributed by atoms with van der Waals surface area (Å²) in [6.45, 7) is 3.60. The van der Waals surface area contributed by atoms with Crippen LogP contribution in [0.4, 0.5) is 5.69 Å². The molecule has 5 heteroatoms. The summed E-state index contributed by atoms with van der Waals surface area (Å²) in [4.78, 5) is 18.6. The number of nitrogens with one attached hydrogen (secondary N) is 1. The molecule has 114 valence electrons. The van der Waals surface area contributed by atoms with E-state index in [9.17, 15) is 4.79 Å². The summed E-state index contributed by atoms with van der Waals surface area (Å²) in [7, 11) is 0. The summed E-state index contributed by atoms with van der Waals surface area (Å²) in [5.74, 6) is -0.0609. The molecule has 1 aliphatic heterocycles. The number of carbonyl (C=O) groups is 1. The van der Waals surface area contributed by atoms with Crippen LogP contribution in [0.25, 0.3) is 0 Å². The molecule has 1 atom stereocenters. The Hall–Kier alpha value is -1.91. The summed E-state index contributed by atoms with van der Waals surface area (Å²) in [5, 5.41) is 3.17. The Morgan fingerprint density at radius 1 is 1.27 bits per heavy atom. The summed E-state index contributed by atoms with van der Waals surface area (Å²) < 4.78 is 0. The molecule has 1 aromatic carbocycles. The second-order valence-electron chi connectivity index (χ2n) is 5.50. The normalized spacial score (nSPS) is 15.9. The van der Waals surface area contributed by atoms with Crippen LogP contribution in [-0.2, 0) is 17.8 Å². The number of hydrogen-bond acceptors (Lipinski definition) is 3. The Morgan fingerprint density at radius 3 is 2.82 bits per heavy atom. The largest absolute Gasteiger partial charge is 0.322 e. The zero-order valence-corrected chi connectivity index (χ0v) is 13.2. The SMILES string of the molecule is CC(C(=O)Nc1cccnc1Cl)N1CCc2ccccc2C1. The molecule has 1 N–H and O–H groups in total. The standard InChI is InChI=1S/C17H18ClN3O/c1-12(17(22)20-15-7-4-9-19-16(15)18)21-10-8-13-5-2-3-6-14(13)11-21/h2-7,9,12H,8,10-11H2,1H3,(H,20,22). The molecule has 3 rings (SSSR count). The molecule has 0 spiro atoms. The minimum Gasteiger partial charge on any atom is -0.322 e. The predicted octanol–water partition coefficient (Wildman–Crippen LogP) is 3.12. The molecule has 0 saturated heterocycles. The number of fused-ring (bicyclic) bond motifs is 1. The number of hydrogen-bond donors (Lipinski definition) is 1. The molecule has 1 aromatic heterocycles. The number of halogens is 1. The lowest BCUT2D eigenvalue weighted by Crippen LogP contribution is -2.44. The number of rotatable bonds is 3. The van der Waals surface area contributed by atoms with Gasteiger partial charge in [-0.1, -0.05) is 35.9 Å². The zero-order chi connectivity index (χ0) is 15.5. The minimum atomic E-state index is -0.218. The van der Waals surface area contributed by atoms with Gasteiger partial charge in [-0.15, -0.1) is 0 Å². The summed E-state index contributed by atoms with van der Waals surface area (Å²) in [5.41, 5.74) is 3.23. The van der Waals surface area contributed by atoms with Crippen molar-refractivity contribution in [3.8, 4) is 0 Å². The van der Waals surface area contributed by atoms with Crippen LogP contribution in [0.1, 0.15) is 18.1 Å². The van der Waals surface area contributed by atoms with E-state index in [1.54, 1.807) is 18.3 Å². The second-order valence-corrected chi connectivity index (χ2v) is 5.85. The Balaban J connectivity index is 1.68. The maximum Gasteiger partial charge on any atom is 0.241 e. The molecule has 0 aliphatic carbocycles. The molecule has 2 heterocycles. The Morgan fingerprint density at radius 2 is 2.05 bits per heavy atom. The minimum absolute atomic E-state index is 0.0609. The van der Waals surface area contributed by atoms with Crippen LogP contribution in [0.3, 0.4) is 0 Å². The molecule has 0 fully saturated rings. The third-order valence-electron chi connectivity index (χ3n) is 4.10. The maximum absolute atomic E-state index is 12.4. The first-order chi connectivity index (χ1) is 10.6. The number of carbonyl (C=O) groups excluding carboxylic acids is 1. The molecule has 4 nitrogen and oxygen atoms in total. The van der Waals surface area contributed by atoms with Crippen LogP contribution < -0.4 is 5.32 Å². The predicted molar refractivity (Wildman–Crippen MR) is 87.9 cm³/mol. The van der Waals surface area contributed by atoms with Crippen molar-refractivity contribution in [2.24, 2.45) is 0 Å². The molecule has 2 aromatic rings. The van der Waals surface area contributed by atoms with Gasteiger partial charge in [0, 0.05) is 19.3 Å². The number of pyridine rings is 1. The fourth-order valence-corrected chi connectivity index (χ4v) is 2.90. The fourth-order valence-electron chi connectivity index (χ4n) is 2.73. The Kier molecular flexibility index (Phi) is 4.41. The number of amides is 1. The lowest BCUT2D eigenvalue weighted by Gasteiger charge is -2.32. The fraction of sp³-hybridized carbons (Fsp3) is 0.294. The molecule has 1 aliphatic rings. The van der Waals surface area contributed by atoms with Crippen molar-refractivity contribution < 1.29 is 4.79 Å². The third kappa shape index (κ3) is 3.13. The molecule has 0 bridgehead atoms. The van der Waals surface area contributed by atoms with Crippen molar-refractivity contribution in [1.29, 1.82) is 0 Å². The lowest BCUT2D eigenvalue weighted by molar-refractivity contribution is -0.121. The first-order valence-electron chi connectivity index (χ1n) is 7.37. The average molecular weight is 316 g/mol. The number of aromatic nitrogens is 1. The van der Waals surface area contributed by atoms with Crippen molar-refractivity contribution in [3.05, 3.63) is 58.9 Å². The molecule has 1 unspecified atom stereocenters. The lowest BCUT2D eigenvalue weighted by atomic mass is 9.99. The molecule has 1 amide bonds. The monoisotopic (exact) mass is 315 g/mol. The topological polar surface area (TPSA) is 45.2 Å². The zero-order valence-electron chi connectivity index (χ0n) is 12.4. The van der Waals surface area contributed by atoms with Crippen molar-refractivity contribution in [2.75, 3.05) is 11.9 Å². The van der Waals surface area contributed by atoms with Gasteiger partial charge in [0.05, 0.1) is 11.7 Å². The van der Waals surface area contributed by atoms with Gasteiger partial charge in [0.25, 0.3) is 0 Å². The van der Waals surface area contributed by atoms with Crippen molar-refractivity contribution in [3.63, 3.8) is 0 Å². The Labute approximate surface area is 135 Å². The van der Waals surface area contributed by atoms with Crippen molar-refractivity contribution >= 4 is 23.2 Å². The molecular formula is C17H18ClN3O. The third-order valence-corrected chi connectivity index (χ3v) is 4.41. The van der Waals surface area contributed by atoms with E-state index in [1.807, 2.05) is 13.0 Å². The maximum atomic E-state index is 12.4. The van der Waals surface area contributed by atoms with E-state index in [2.05, 4.69) is 33.4 Å². The number of anilines is 1. The highest BCUT2D eigenvalue weighted by Gasteiger charge is 2.25. The van der Waals surface area contributed by atoms with Gasteiger partial charge in [0.1, 0.15) is 0 Å². The van der Waals surface area contributed by atoms with Crippen LogP contribution in [0, 0.1) is 0 Å². The Bertz CT molecular complexity index is 689. The second kappa shape index (κ2) is 6.46. The van der Waals surface area contributed by atoms with Gasteiger partial charge in [-0.2, -0.15) is 0 Å². The van der Waals surface area contributed by atoms with Crippen LogP contribution in [-0.4, -0.2) is 28.4 Å². The van der Waals surface area contributed by atoms with Gasteiger partial charge in [-0.25, -0.2) is 4.98 Å². The van der Waals surface area contributed by atoms with E-state index in [0.29, 0.717) is 10.8 Å². The molecule has 0 saturated carbocycles. The quantitative estimate of drug-likeness (QED) is 0.885. The summed E-state index contributed by atoms with van der Waals surface area (Å²) >= 11 is 5.99. The highest BCUT2D eigenvalue weighted by molar-refractivity contribution is 6.32. The van der Waals surface area contributed by atoms with Crippen LogP contribution in [0.5, 0.6) is 0 Å². The van der Waals surface area contributed by atoms with Crippen LogP contribution in [0.15, 0.2) is 42.6 Å². The van der Waals surface area contributed by atoms with Gasteiger partial charge < -0.3 is 5.32 Å². The van der Waals surface area contributed by atoms with Gasteiger partial charge in [0.15, 0.2) is 5.15 Å². The van der Waals surface area contributed by atoms with E-state index in [0.717, 1.165) is 19.5 Å². The number of nitrogens with zero attached hydrogens (tertiary/aromatic N) is 2. The van der Waals surface area contributed by atoms with Gasteiger partial charge in [0.2, 0.25) is 5.91 Å². The van der Waals surface area contributed by atoms with Gasteiger partial charge in [-0.05, 0) is 36.6 Å². The van der Waals surface area contributed by atoms with Crippen molar-refractivity contribution in [2.45, 2.75) is 25.9 Å².